The van der Waals surface area contributed by atoms with Crippen molar-refractivity contribution in [2.75, 3.05) is 5.32 Å². The molecule has 0 bridgehead atoms. The zero-order valence-corrected chi connectivity index (χ0v) is 10.3. The van der Waals surface area contributed by atoms with Crippen LogP contribution >= 0.6 is 15.9 Å². The van der Waals surface area contributed by atoms with Crippen molar-refractivity contribution < 1.29 is 0 Å². The summed E-state index contributed by atoms with van der Waals surface area (Å²) in [7, 11) is 0. The third-order valence-electron chi connectivity index (χ3n) is 3.50. The first-order valence-electron chi connectivity index (χ1n) is 5.48. The maximum absolute atomic E-state index is 4.41. The summed E-state index contributed by atoms with van der Waals surface area (Å²) < 4.78 is 0.974. The van der Waals surface area contributed by atoms with Gasteiger partial charge in [0.05, 0.1) is 10.2 Å². The predicted molar refractivity (Wildman–Crippen MR) is 62.7 cm³/mol. The number of fused-ring (bicyclic) bond motifs is 1. The molecule has 2 saturated carbocycles. The lowest BCUT2D eigenvalue weighted by molar-refractivity contribution is 0.645. The molecule has 0 saturated heterocycles. The van der Waals surface area contributed by atoms with Gasteiger partial charge in [0.25, 0.3) is 0 Å². The average molecular weight is 268 g/mol. The van der Waals surface area contributed by atoms with E-state index in [1.165, 1.54) is 19.3 Å². The molecule has 0 spiro atoms. The van der Waals surface area contributed by atoms with E-state index in [2.05, 4.69) is 31.2 Å². The van der Waals surface area contributed by atoms with Crippen molar-refractivity contribution in [2.24, 2.45) is 11.8 Å². The second kappa shape index (κ2) is 3.44. The Bertz CT molecular complexity index is 383. The molecular weight excluding hydrogens is 254 g/mol. The highest BCUT2D eigenvalue weighted by Gasteiger charge is 2.45. The van der Waals surface area contributed by atoms with E-state index in [1.807, 2.05) is 13.1 Å². The number of nitrogens with one attached hydrogen (secondary N) is 1. The Morgan fingerprint density at radius 2 is 2.07 bits per heavy atom. The van der Waals surface area contributed by atoms with Crippen LogP contribution in [0.3, 0.4) is 0 Å². The fourth-order valence-corrected chi connectivity index (χ4v) is 2.73. The first-order valence-corrected chi connectivity index (χ1v) is 6.27. The third-order valence-corrected chi connectivity index (χ3v) is 4.27. The van der Waals surface area contributed by atoms with Gasteiger partial charge in [0.1, 0.15) is 0 Å². The minimum Gasteiger partial charge on any atom is -0.351 e. The molecule has 2 unspecified atom stereocenters. The van der Waals surface area contributed by atoms with Crippen LogP contribution in [0.5, 0.6) is 0 Å². The highest BCUT2D eigenvalue weighted by Crippen LogP contribution is 2.52. The number of nitrogens with zero attached hydrogens (tertiary/aromatic N) is 2. The summed E-state index contributed by atoms with van der Waals surface area (Å²) in [4.78, 5) is 8.68. The zero-order chi connectivity index (χ0) is 10.4. The van der Waals surface area contributed by atoms with E-state index in [0.29, 0.717) is 6.04 Å². The molecule has 1 N–H and O–H groups in total. The molecule has 2 aliphatic carbocycles. The Labute approximate surface area is 97.8 Å². The van der Waals surface area contributed by atoms with Crippen LogP contribution in [0.1, 0.15) is 25.0 Å². The first kappa shape index (κ1) is 9.58. The highest BCUT2D eigenvalue weighted by atomic mass is 79.9. The SMILES string of the molecule is Cc1nc(NC2CC3CC3C2)ncc1Br. The normalized spacial score (nSPS) is 32.5. The van der Waals surface area contributed by atoms with E-state index in [9.17, 15) is 0 Å². The molecule has 0 aliphatic heterocycles. The van der Waals surface area contributed by atoms with Gasteiger partial charge in [-0.1, -0.05) is 0 Å². The molecule has 15 heavy (non-hydrogen) atoms. The van der Waals surface area contributed by atoms with E-state index in [1.54, 1.807) is 0 Å². The van der Waals surface area contributed by atoms with Crippen molar-refractivity contribution in [2.45, 2.75) is 32.2 Å². The van der Waals surface area contributed by atoms with E-state index in [0.717, 1.165) is 28.0 Å². The summed E-state index contributed by atoms with van der Waals surface area (Å²) in [5.41, 5.74) is 0.996. The van der Waals surface area contributed by atoms with Gasteiger partial charge in [-0.2, -0.15) is 0 Å². The van der Waals surface area contributed by atoms with Gasteiger partial charge >= 0.3 is 0 Å². The van der Waals surface area contributed by atoms with E-state index in [-0.39, 0.29) is 0 Å². The van der Waals surface area contributed by atoms with Crippen LogP contribution in [-0.4, -0.2) is 16.0 Å². The van der Waals surface area contributed by atoms with Gasteiger partial charge in [-0.3, -0.25) is 0 Å². The Morgan fingerprint density at radius 3 is 2.73 bits per heavy atom. The molecule has 2 aliphatic rings. The minimum atomic E-state index is 0.606. The predicted octanol–water partition coefficient (Wildman–Crippen LogP) is 2.76. The average Bonchev–Trinajstić information content (AvgIpc) is 2.81. The molecule has 2 atom stereocenters. The number of aromatic nitrogens is 2. The number of hydrogen-bond acceptors (Lipinski definition) is 3. The van der Waals surface area contributed by atoms with Crippen molar-refractivity contribution >= 4 is 21.9 Å². The summed E-state index contributed by atoms with van der Waals surface area (Å²) in [5.74, 6) is 2.78. The van der Waals surface area contributed by atoms with Gasteiger partial charge in [0.15, 0.2) is 0 Å². The van der Waals surface area contributed by atoms with Crippen LogP contribution in [0, 0.1) is 18.8 Å². The Kier molecular flexibility index (Phi) is 2.20. The van der Waals surface area contributed by atoms with Gasteiger partial charge < -0.3 is 5.32 Å². The van der Waals surface area contributed by atoms with Crippen molar-refractivity contribution in [3.63, 3.8) is 0 Å². The second-order valence-corrected chi connectivity index (χ2v) is 5.55. The Morgan fingerprint density at radius 1 is 1.33 bits per heavy atom. The van der Waals surface area contributed by atoms with Crippen LogP contribution in [0.15, 0.2) is 10.7 Å². The smallest absolute Gasteiger partial charge is 0.223 e. The first-order chi connectivity index (χ1) is 7.22. The summed E-state index contributed by atoms with van der Waals surface area (Å²) in [6, 6.07) is 0.606. The maximum atomic E-state index is 4.41. The van der Waals surface area contributed by atoms with Gasteiger partial charge in [-0.15, -0.1) is 0 Å². The lowest BCUT2D eigenvalue weighted by atomic mass is 10.2. The van der Waals surface area contributed by atoms with Crippen molar-refractivity contribution in [3.8, 4) is 0 Å². The fourth-order valence-electron chi connectivity index (χ4n) is 2.54. The zero-order valence-electron chi connectivity index (χ0n) is 8.70. The van der Waals surface area contributed by atoms with Crippen LogP contribution in [0.4, 0.5) is 5.95 Å². The lowest BCUT2D eigenvalue weighted by Crippen LogP contribution is -2.18. The molecule has 80 valence electrons. The van der Waals surface area contributed by atoms with E-state index >= 15 is 0 Å². The van der Waals surface area contributed by atoms with E-state index < -0.39 is 0 Å². The molecule has 1 heterocycles. The standard InChI is InChI=1S/C11H14BrN3/c1-6-10(12)5-13-11(14-6)15-9-3-7-2-8(7)4-9/h5,7-9H,2-4H2,1H3,(H,13,14,15). The molecule has 3 nitrogen and oxygen atoms in total. The maximum Gasteiger partial charge on any atom is 0.223 e. The summed E-state index contributed by atoms with van der Waals surface area (Å²) in [6.45, 7) is 1.99. The van der Waals surface area contributed by atoms with Crippen molar-refractivity contribution in [3.05, 3.63) is 16.4 Å². The molecule has 0 amide bonds. The molecular formula is C11H14BrN3. The van der Waals surface area contributed by atoms with Gasteiger partial charge in [0, 0.05) is 12.2 Å². The number of halogens is 1. The Balaban J connectivity index is 1.68. The number of anilines is 1. The fraction of sp³-hybridized carbons (Fsp3) is 0.636. The van der Waals surface area contributed by atoms with Crippen LogP contribution in [0.2, 0.25) is 0 Å². The third kappa shape index (κ3) is 1.87. The molecule has 1 aromatic heterocycles. The number of hydrogen-bond donors (Lipinski definition) is 1. The number of aryl methyl sites for hydroxylation is 1. The summed E-state index contributed by atoms with van der Waals surface area (Å²) >= 11 is 3.41. The minimum absolute atomic E-state index is 0.606. The van der Waals surface area contributed by atoms with Crippen molar-refractivity contribution in [1.29, 1.82) is 0 Å². The quantitative estimate of drug-likeness (QED) is 0.896. The van der Waals surface area contributed by atoms with Gasteiger partial charge in [-0.05, 0) is 54.0 Å². The monoisotopic (exact) mass is 267 g/mol. The second-order valence-electron chi connectivity index (χ2n) is 4.70. The van der Waals surface area contributed by atoms with E-state index in [4.69, 9.17) is 0 Å². The van der Waals surface area contributed by atoms with Gasteiger partial charge in [-0.25, -0.2) is 9.97 Å². The molecule has 3 rings (SSSR count). The highest BCUT2D eigenvalue weighted by molar-refractivity contribution is 9.10. The molecule has 0 aromatic carbocycles. The number of rotatable bonds is 2. The molecule has 1 aromatic rings. The topological polar surface area (TPSA) is 37.8 Å². The summed E-state index contributed by atoms with van der Waals surface area (Å²) in [5, 5.41) is 3.43. The summed E-state index contributed by atoms with van der Waals surface area (Å²) in [6.07, 6.45) is 5.89. The largest absolute Gasteiger partial charge is 0.351 e. The van der Waals surface area contributed by atoms with Crippen LogP contribution in [0.25, 0.3) is 0 Å². The Hall–Kier alpha value is -0.640. The lowest BCUT2D eigenvalue weighted by Gasteiger charge is -2.14. The van der Waals surface area contributed by atoms with Crippen LogP contribution in [-0.2, 0) is 0 Å². The molecule has 4 heteroatoms. The molecule has 0 radical (unpaired) electrons. The van der Waals surface area contributed by atoms with Gasteiger partial charge in [0.2, 0.25) is 5.95 Å². The van der Waals surface area contributed by atoms with Crippen LogP contribution < -0.4 is 5.32 Å². The molecule has 2 fully saturated rings. The van der Waals surface area contributed by atoms with Crippen molar-refractivity contribution in [1.82, 2.24) is 9.97 Å².